The van der Waals surface area contributed by atoms with Crippen molar-refractivity contribution < 1.29 is 19.0 Å². The van der Waals surface area contributed by atoms with Crippen LogP contribution in [0.4, 0.5) is 0 Å². The molecule has 2 aliphatic heterocycles. The van der Waals surface area contributed by atoms with Crippen molar-refractivity contribution >= 4 is 5.91 Å². The molecule has 0 spiro atoms. The molecule has 2 aliphatic rings. The highest BCUT2D eigenvalue weighted by Gasteiger charge is 2.30. The summed E-state index contributed by atoms with van der Waals surface area (Å²) in [6, 6.07) is 11.8. The van der Waals surface area contributed by atoms with Gasteiger partial charge in [0, 0.05) is 39.3 Å². The lowest BCUT2D eigenvalue weighted by molar-refractivity contribution is -0.137. The van der Waals surface area contributed by atoms with Crippen LogP contribution in [-0.2, 0) is 9.53 Å². The first-order valence-corrected chi connectivity index (χ1v) is 11.0. The topological polar surface area (TPSA) is 80.3 Å². The maximum absolute atomic E-state index is 12.6. The van der Waals surface area contributed by atoms with Crippen LogP contribution >= 0.6 is 0 Å². The molecule has 1 aromatic heterocycles. The highest BCUT2D eigenvalue weighted by atomic mass is 16.5. The standard InChI is InChI=1S/C23H31N5O4/c1-30-19-16-20(31-2)25-23(24-19)22(18-6-4-3-5-7-18)28-10-8-26(9-11-28)17-21(29)27-12-14-32-15-13-27/h3-7,16,22H,8-15,17H2,1-2H3. The molecule has 1 unspecified atom stereocenters. The molecule has 4 rings (SSSR count). The Balaban J connectivity index is 1.48. The van der Waals surface area contributed by atoms with Crippen molar-refractivity contribution in [2.45, 2.75) is 6.04 Å². The number of morpholine rings is 1. The molecule has 1 atom stereocenters. The summed E-state index contributed by atoms with van der Waals surface area (Å²) in [7, 11) is 3.18. The van der Waals surface area contributed by atoms with Crippen LogP contribution in [0.3, 0.4) is 0 Å². The van der Waals surface area contributed by atoms with Gasteiger partial charge in [0.25, 0.3) is 0 Å². The Morgan fingerprint density at radius 1 is 0.969 bits per heavy atom. The fourth-order valence-corrected chi connectivity index (χ4v) is 4.19. The van der Waals surface area contributed by atoms with Gasteiger partial charge in [-0.05, 0) is 5.56 Å². The van der Waals surface area contributed by atoms with E-state index in [0.717, 1.165) is 31.7 Å². The van der Waals surface area contributed by atoms with Gasteiger partial charge in [-0.15, -0.1) is 0 Å². The van der Waals surface area contributed by atoms with Crippen molar-refractivity contribution in [3.63, 3.8) is 0 Å². The fourth-order valence-electron chi connectivity index (χ4n) is 4.19. The first-order chi connectivity index (χ1) is 15.7. The Morgan fingerprint density at radius 3 is 2.19 bits per heavy atom. The summed E-state index contributed by atoms with van der Waals surface area (Å²) in [6.45, 7) is 6.30. The number of rotatable bonds is 7. The smallest absolute Gasteiger partial charge is 0.236 e. The van der Waals surface area contributed by atoms with Crippen molar-refractivity contribution in [3.05, 3.63) is 47.8 Å². The Hall–Kier alpha value is -2.75. The van der Waals surface area contributed by atoms with E-state index in [1.54, 1.807) is 20.3 Å². The van der Waals surface area contributed by atoms with E-state index in [4.69, 9.17) is 14.2 Å². The second kappa shape index (κ2) is 10.7. The molecule has 1 aromatic carbocycles. The molecule has 172 valence electrons. The fraction of sp³-hybridized carbons (Fsp3) is 0.522. The van der Waals surface area contributed by atoms with Crippen LogP contribution in [0.2, 0.25) is 0 Å². The number of hydrogen-bond donors (Lipinski definition) is 0. The number of ether oxygens (including phenoxy) is 3. The first kappa shape index (κ1) is 22.4. The van der Waals surface area contributed by atoms with Crippen LogP contribution < -0.4 is 9.47 Å². The van der Waals surface area contributed by atoms with Crippen LogP contribution in [0.25, 0.3) is 0 Å². The largest absolute Gasteiger partial charge is 0.481 e. The van der Waals surface area contributed by atoms with Gasteiger partial charge < -0.3 is 19.1 Å². The van der Waals surface area contributed by atoms with E-state index in [1.807, 2.05) is 23.1 Å². The zero-order valence-electron chi connectivity index (χ0n) is 18.8. The Morgan fingerprint density at radius 2 is 1.59 bits per heavy atom. The van der Waals surface area contributed by atoms with Gasteiger partial charge >= 0.3 is 0 Å². The zero-order chi connectivity index (χ0) is 22.3. The summed E-state index contributed by atoms with van der Waals surface area (Å²) in [5.41, 5.74) is 1.11. The molecule has 0 radical (unpaired) electrons. The lowest BCUT2D eigenvalue weighted by Gasteiger charge is -2.39. The van der Waals surface area contributed by atoms with Gasteiger partial charge in [0.1, 0.15) is 0 Å². The number of aromatic nitrogens is 2. The minimum Gasteiger partial charge on any atom is -0.481 e. The van der Waals surface area contributed by atoms with Gasteiger partial charge in [0.05, 0.1) is 46.1 Å². The molecule has 9 heteroatoms. The van der Waals surface area contributed by atoms with E-state index < -0.39 is 0 Å². The Labute approximate surface area is 188 Å². The number of hydrogen-bond acceptors (Lipinski definition) is 8. The summed E-state index contributed by atoms with van der Waals surface area (Å²) >= 11 is 0. The summed E-state index contributed by atoms with van der Waals surface area (Å²) in [5, 5.41) is 0. The molecular weight excluding hydrogens is 410 g/mol. The van der Waals surface area contributed by atoms with Crippen LogP contribution in [0.1, 0.15) is 17.4 Å². The maximum Gasteiger partial charge on any atom is 0.236 e. The maximum atomic E-state index is 12.6. The summed E-state index contributed by atoms with van der Waals surface area (Å²) in [5.74, 6) is 1.78. The molecule has 3 heterocycles. The predicted octanol–water partition coefficient (Wildman–Crippen LogP) is 1.06. The SMILES string of the molecule is COc1cc(OC)nc(C(c2ccccc2)N2CCN(CC(=O)N3CCOCC3)CC2)n1. The lowest BCUT2D eigenvalue weighted by Crippen LogP contribution is -2.52. The van der Waals surface area contributed by atoms with Gasteiger partial charge in [0.15, 0.2) is 5.82 Å². The molecule has 2 fully saturated rings. The van der Waals surface area contributed by atoms with Crippen molar-refractivity contribution in [3.8, 4) is 11.8 Å². The van der Waals surface area contributed by atoms with Gasteiger partial charge in [0.2, 0.25) is 17.7 Å². The van der Waals surface area contributed by atoms with Crippen LogP contribution in [0.5, 0.6) is 11.8 Å². The highest BCUT2D eigenvalue weighted by Crippen LogP contribution is 2.30. The van der Waals surface area contributed by atoms with Crippen molar-refractivity contribution in [1.29, 1.82) is 0 Å². The molecule has 1 amide bonds. The summed E-state index contributed by atoms with van der Waals surface area (Å²) in [4.78, 5) is 28.4. The summed E-state index contributed by atoms with van der Waals surface area (Å²) < 4.78 is 16.1. The van der Waals surface area contributed by atoms with Crippen molar-refractivity contribution in [2.75, 3.05) is 73.2 Å². The third kappa shape index (κ3) is 5.35. The monoisotopic (exact) mass is 441 g/mol. The van der Waals surface area contributed by atoms with Crippen LogP contribution in [0, 0.1) is 0 Å². The third-order valence-corrected chi connectivity index (χ3v) is 5.97. The van der Waals surface area contributed by atoms with Crippen molar-refractivity contribution in [2.24, 2.45) is 0 Å². The molecule has 0 aliphatic carbocycles. The van der Waals surface area contributed by atoms with E-state index in [0.29, 0.717) is 50.4 Å². The number of carbonyl (C=O) groups is 1. The van der Waals surface area contributed by atoms with Crippen LogP contribution in [0.15, 0.2) is 36.4 Å². The number of carbonyl (C=O) groups excluding carboxylic acids is 1. The Kier molecular flexibility index (Phi) is 7.51. The first-order valence-electron chi connectivity index (χ1n) is 11.0. The minimum atomic E-state index is -0.128. The van der Waals surface area contributed by atoms with E-state index in [-0.39, 0.29) is 11.9 Å². The number of amides is 1. The van der Waals surface area contributed by atoms with Gasteiger partial charge in [-0.25, -0.2) is 0 Å². The number of nitrogens with zero attached hydrogens (tertiary/aromatic N) is 5. The Bertz CT molecular complexity index is 861. The second-order valence-corrected chi connectivity index (χ2v) is 7.93. The number of methoxy groups -OCH3 is 2. The normalized spacial score (nSPS) is 18.9. The molecule has 2 saturated heterocycles. The van der Waals surface area contributed by atoms with E-state index in [9.17, 15) is 4.79 Å². The summed E-state index contributed by atoms with van der Waals surface area (Å²) in [6.07, 6.45) is 0. The molecule has 9 nitrogen and oxygen atoms in total. The third-order valence-electron chi connectivity index (χ3n) is 5.97. The van der Waals surface area contributed by atoms with Gasteiger partial charge in [-0.3, -0.25) is 14.6 Å². The molecule has 0 N–H and O–H groups in total. The quantitative estimate of drug-likeness (QED) is 0.631. The number of piperazine rings is 1. The van der Waals surface area contributed by atoms with Crippen molar-refractivity contribution in [1.82, 2.24) is 24.7 Å². The minimum absolute atomic E-state index is 0.128. The highest BCUT2D eigenvalue weighted by molar-refractivity contribution is 5.78. The average molecular weight is 442 g/mol. The second-order valence-electron chi connectivity index (χ2n) is 7.93. The average Bonchev–Trinajstić information content (AvgIpc) is 2.86. The molecular formula is C23H31N5O4. The zero-order valence-corrected chi connectivity index (χ0v) is 18.8. The molecule has 2 aromatic rings. The molecule has 32 heavy (non-hydrogen) atoms. The predicted molar refractivity (Wildman–Crippen MR) is 119 cm³/mol. The lowest BCUT2D eigenvalue weighted by atomic mass is 10.0. The van der Waals surface area contributed by atoms with E-state index in [2.05, 4.69) is 31.9 Å². The number of benzene rings is 1. The van der Waals surface area contributed by atoms with E-state index in [1.165, 1.54) is 0 Å². The van der Waals surface area contributed by atoms with Gasteiger partial charge in [-0.2, -0.15) is 9.97 Å². The van der Waals surface area contributed by atoms with Crippen LogP contribution in [-0.4, -0.2) is 104 Å². The van der Waals surface area contributed by atoms with E-state index >= 15 is 0 Å². The molecule has 0 bridgehead atoms. The molecule has 0 saturated carbocycles. The van der Waals surface area contributed by atoms with Gasteiger partial charge in [-0.1, -0.05) is 30.3 Å².